The van der Waals surface area contributed by atoms with Crippen molar-refractivity contribution in [3.63, 3.8) is 0 Å². The quantitative estimate of drug-likeness (QED) is 0.0200. The number of unbranched alkanes of at least 4 members (excludes halogenated alkanes) is 8. The number of nitrogens with one attached hydrogen (secondary N) is 10. The van der Waals surface area contributed by atoms with Crippen molar-refractivity contribution in [3.8, 4) is 0 Å². The standard InChI is InChI=1S/C77H138N11O33P/c1-48(92)85-64-70(105)67(102)54(45-89)119-75(64)115-36-15-9-22-58(96)79-29-18-32-82-61(99)25-40-112-52-43-51(74(108)88(4)35-13-7-8-21-57(95)78-28-12-5-6-14-39-118-122(109,110)111)44-53(113-41-26-62(100)83-33-19-30-80-59(97)23-10-16-37-116-76-65(86-49(2)93)71(106)68(103)55(46-90)120-76)73(52)114-42-27-63(101)84-34-20-31-81-60(98)24-11-17-38-117-77-66(87-50(3)94)72(107)69(104)56(47-91)121-77/h51-56,64-73,75-77,89-91,102-107H,5-47H2,1-4H3,(H,78,95)(H,79,96)(H,80,97)(H,81,98)(H,82,99)(H,83,100)(H,84,101)(H,85,92)(H,86,93)(H,87,94)(H2,109,110,111)/t51?,52-,53-,54-,55-,56-,64-,65-,66-,67+,68+,69+,70-,71-,72-,73?,75-,76-,77-/m1/s1. The van der Waals surface area contributed by atoms with Crippen molar-refractivity contribution in [1.29, 1.82) is 0 Å². The molecule has 0 radical (unpaired) electrons. The van der Waals surface area contributed by atoms with E-state index in [-0.39, 0.29) is 173 Å². The Bertz CT molecular complexity index is 3030. The van der Waals surface area contributed by atoms with Crippen LogP contribution in [0.15, 0.2) is 0 Å². The Balaban J connectivity index is 1.34. The van der Waals surface area contributed by atoms with Crippen molar-refractivity contribution in [2.24, 2.45) is 5.92 Å². The largest absolute Gasteiger partial charge is 0.469 e. The van der Waals surface area contributed by atoms with E-state index in [2.05, 4.69) is 57.7 Å². The van der Waals surface area contributed by atoms with Gasteiger partial charge < -0.3 is 156 Å². The van der Waals surface area contributed by atoms with Crippen LogP contribution in [0.25, 0.3) is 0 Å². The molecule has 0 bridgehead atoms. The number of phosphoric ester groups is 1. The lowest BCUT2D eigenvalue weighted by atomic mass is 9.82. The average molecular weight is 1780 g/mol. The van der Waals surface area contributed by atoms with E-state index in [9.17, 15) is 103 Å². The van der Waals surface area contributed by atoms with Gasteiger partial charge in [0.1, 0.15) is 79.2 Å². The molecule has 1 aliphatic carbocycles. The second-order valence-electron chi connectivity index (χ2n) is 30.7. The number of carbonyl (C=O) groups excluding carboxylic acids is 11. The number of rotatable bonds is 63. The minimum Gasteiger partial charge on any atom is -0.394 e. The number of amides is 11. The van der Waals surface area contributed by atoms with Gasteiger partial charge in [-0.2, -0.15) is 0 Å². The van der Waals surface area contributed by atoms with E-state index in [0.717, 1.165) is 6.42 Å². The van der Waals surface area contributed by atoms with Crippen molar-refractivity contribution in [1.82, 2.24) is 58.1 Å². The van der Waals surface area contributed by atoms with Gasteiger partial charge in [-0.15, -0.1) is 0 Å². The number of aliphatic hydroxyl groups is 9. The highest BCUT2D eigenvalue weighted by Crippen LogP contribution is 2.36. The predicted molar refractivity (Wildman–Crippen MR) is 429 cm³/mol. The highest BCUT2D eigenvalue weighted by Gasteiger charge is 2.49. The maximum Gasteiger partial charge on any atom is 0.469 e. The second kappa shape index (κ2) is 61.1. The van der Waals surface area contributed by atoms with Crippen LogP contribution in [0.2, 0.25) is 0 Å². The van der Waals surface area contributed by atoms with Crippen LogP contribution in [-0.2, 0) is 104 Å². The molecule has 45 heteroatoms. The van der Waals surface area contributed by atoms with Gasteiger partial charge in [0.2, 0.25) is 65.0 Å². The molecule has 0 aromatic heterocycles. The number of hydrogen-bond donors (Lipinski definition) is 21. The van der Waals surface area contributed by atoms with Gasteiger partial charge in [-0.05, 0) is 96.3 Å². The highest BCUT2D eigenvalue weighted by molar-refractivity contribution is 7.46. The Hall–Kier alpha value is -6.44. The van der Waals surface area contributed by atoms with Gasteiger partial charge in [0.05, 0.1) is 58.5 Å². The van der Waals surface area contributed by atoms with Gasteiger partial charge in [0, 0.05) is 151 Å². The van der Waals surface area contributed by atoms with Crippen LogP contribution in [0.3, 0.4) is 0 Å². The average Bonchev–Trinajstić information content (AvgIpc) is 0.826. The SMILES string of the molecule is CC(=O)N[C@H]1[C@H](OCCCCC(=O)NCCCNC(=O)CCOC2[C@H](OCCC(=O)NCCCNC(=O)CCCCO[C@@H]3O[C@H](CO)[C@H](O)[C@H](O)[C@H]3NC(C)=O)CC(C(=O)N(C)CCCCCC(=O)NCCCCCCOP(=O)(O)O)C[C@H]2OCCC(=O)NCCCNC(=O)CCCCO[C@@H]2O[C@H](CO)[C@H](O)[C@H](O)[C@H]2NC(C)=O)O[C@H](CO)[C@H](O)[C@@H]1O. The van der Waals surface area contributed by atoms with Crippen molar-refractivity contribution >= 4 is 72.8 Å². The van der Waals surface area contributed by atoms with Crippen LogP contribution < -0.4 is 53.2 Å². The number of carbonyl (C=O) groups is 11. The Morgan fingerprint density at radius 3 is 0.959 bits per heavy atom. The molecule has 0 aromatic rings. The van der Waals surface area contributed by atoms with E-state index < -0.39 is 179 Å². The summed E-state index contributed by atoms with van der Waals surface area (Å²) in [5, 5.41) is 118. The predicted octanol–water partition coefficient (Wildman–Crippen LogP) is -5.21. The molecule has 11 amide bonds. The van der Waals surface area contributed by atoms with Gasteiger partial charge in [0.25, 0.3) is 0 Å². The van der Waals surface area contributed by atoms with E-state index in [4.69, 9.17) is 52.4 Å². The minimum absolute atomic E-state index is 0.0618. The lowest BCUT2D eigenvalue weighted by molar-refractivity contribution is -0.270. The molecule has 1 saturated carbocycles. The first-order valence-corrected chi connectivity index (χ1v) is 44.0. The van der Waals surface area contributed by atoms with E-state index in [1.165, 1.54) is 20.8 Å². The molecule has 4 fully saturated rings. The summed E-state index contributed by atoms with van der Waals surface area (Å²) < 4.78 is 68.6. The molecule has 21 N–H and O–H groups in total. The maximum atomic E-state index is 14.5. The zero-order valence-electron chi connectivity index (χ0n) is 70.7. The van der Waals surface area contributed by atoms with Crippen molar-refractivity contribution in [2.75, 3.05) is 125 Å². The summed E-state index contributed by atoms with van der Waals surface area (Å²) in [6.07, 6.45) is -10.6. The third kappa shape index (κ3) is 43.6. The molecule has 3 heterocycles. The first-order valence-electron chi connectivity index (χ1n) is 42.5. The Kier molecular flexibility index (Phi) is 54.0. The van der Waals surface area contributed by atoms with E-state index in [1.54, 1.807) is 11.9 Å². The Morgan fingerprint density at radius 1 is 0.352 bits per heavy atom. The van der Waals surface area contributed by atoms with Crippen LogP contribution in [-0.4, -0.2) is 361 Å². The third-order valence-electron chi connectivity index (χ3n) is 20.5. The first-order chi connectivity index (χ1) is 58.3. The molecule has 4 aliphatic rings. The molecule has 0 unspecified atom stereocenters. The summed E-state index contributed by atoms with van der Waals surface area (Å²) in [5.41, 5.74) is 0. The summed E-state index contributed by atoms with van der Waals surface area (Å²) in [7, 11) is -2.87. The van der Waals surface area contributed by atoms with Crippen molar-refractivity contribution < 1.29 is 160 Å². The molecular formula is C77H138N11O33P. The van der Waals surface area contributed by atoms with Gasteiger partial charge >= 0.3 is 7.82 Å². The molecular weight excluding hydrogens is 1640 g/mol. The second-order valence-corrected chi connectivity index (χ2v) is 31.9. The zero-order chi connectivity index (χ0) is 89.9. The Labute approximate surface area is 711 Å². The highest BCUT2D eigenvalue weighted by atomic mass is 31.2. The van der Waals surface area contributed by atoms with Crippen LogP contribution in [0.1, 0.15) is 181 Å². The molecule has 4 rings (SSSR count). The van der Waals surface area contributed by atoms with Gasteiger partial charge in [-0.1, -0.05) is 19.3 Å². The van der Waals surface area contributed by atoms with Crippen molar-refractivity contribution in [2.45, 2.75) is 292 Å². The number of hydrogen-bond acceptors (Lipinski definition) is 31. The number of aliphatic hydroxyl groups excluding tert-OH is 9. The smallest absolute Gasteiger partial charge is 0.394 e. The monoisotopic (exact) mass is 1780 g/mol. The minimum atomic E-state index is -4.53. The fourth-order valence-electron chi connectivity index (χ4n) is 13.9. The fraction of sp³-hybridized carbons (Fsp3) is 0.857. The molecule has 122 heavy (non-hydrogen) atoms. The van der Waals surface area contributed by atoms with E-state index >= 15 is 0 Å². The van der Waals surface area contributed by atoms with Crippen LogP contribution in [0.4, 0.5) is 0 Å². The summed E-state index contributed by atoms with van der Waals surface area (Å²) in [6, 6.07) is -3.33. The van der Waals surface area contributed by atoms with Crippen molar-refractivity contribution in [3.05, 3.63) is 0 Å². The summed E-state index contributed by atoms with van der Waals surface area (Å²) in [4.78, 5) is 160. The lowest BCUT2D eigenvalue weighted by Gasteiger charge is -2.42. The lowest BCUT2D eigenvalue weighted by Crippen LogP contribution is -2.64. The molecule has 17 atom stereocenters. The fourth-order valence-corrected chi connectivity index (χ4v) is 14.2. The third-order valence-corrected chi connectivity index (χ3v) is 21.0. The molecule has 704 valence electrons. The van der Waals surface area contributed by atoms with Crippen LogP contribution in [0.5, 0.6) is 0 Å². The topological polar surface area (TPSA) is 643 Å². The van der Waals surface area contributed by atoms with E-state index in [0.29, 0.717) is 109 Å². The first kappa shape index (κ1) is 108. The number of phosphoric acid groups is 1. The zero-order valence-corrected chi connectivity index (χ0v) is 71.6. The molecule has 3 aliphatic heterocycles. The van der Waals surface area contributed by atoms with E-state index in [1.807, 2.05) is 0 Å². The summed E-state index contributed by atoms with van der Waals surface area (Å²) >= 11 is 0. The molecule has 3 saturated heterocycles. The molecule has 0 spiro atoms. The Morgan fingerprint density at radius 2 is 0.639 bits per heavy atom. The van der Waals surface area contributed by atoms with Crippen LogP contribution in [0, 0.1) is 5.92 Å². The van der Waals surface area contributed by atoms with Gasteiger partial charge in [-0.25, -0.2) is 4.57 Å². The normalized spacial score (nSPS) is 25.9. The van der Waals surface area contributed by atoms with Gasteiger partial charge in [0.15, 0.2) is 18.9 Å². The summed E-state index contributed by atoms with van der Waals surface area (Å²) in [5.74, 6) is -4.62. The molecule has 0 aromatic carbocycles. The summed E-state index contributed by atoms with van der Waals surface area (Å²) in [6.45, 7) is 3.43. The maximum absolute atomic E-state index is 14.5. The van der Waals surface area contributed by atoms with Gasteiger partial charge in [-0.3, -0.25) is 57.3 Å². The molecule has 44 nitrogen and oxygen atoms in total. The number of nitrogens with zero attached hydrogens (tertiary/aromatic N) is 1. The van der Waals surface area contributed by atoms with Crippen LogP contribution >= 0.6 is 7.82 Å². The number of ether oxygens (including phenoxy) is 9.